The molecule has 1 aliphatic heterocycles. The average Bonchev–Trinajstić information content (AvgIpc) is 2.87. The fraction of sp³-hybridized carbons (Fsp3) is 0.296. The predicted molar refractivity (Wildman–Crippen MR) is 135 cm³/mol. The topological polar surface area (TPSA) is 62.0 Å². The highest BCUT2D eigenvalue weighted by molar-refractivity contribution is 5.96. The van der Waals surface area contributed by atoms with Gasteiger partial charge in [-0.25, -0.2) is 4.79 Å². The lowest BCUT2D eigenvalue weighted by Crippen LogP contribution is -2.48. The van der Waals surface area contributed by atoms with Gasteiger partial charge in [-0.15, -0.1) is 0 Å². The zero-order valence-corrected chi connectivity index (χ0v) is 19.2. The molecular weight excluding hydrogens is 412 g/mol. The molecule has 0 saturated carbocycles. The number of hydrogen-bond acceptors (Lipinski definition) is 6. The number of nitrogens with zero attached hydrogens (tertiary/aromatic N) is 3. The number of methoxy groups -OCH3 is 1. The molecule has 0 atom stereocenters. The monoisotopic (exact) mass is 444 g/mol. The summed E-state index contributed by atoms with van der Waals surface area (Å²) in [6.07, 6.45) is 0. The van der Waals surface area contributed by atoms with Crippen molar-refractivity contribution in [2.45, 2.75) is 6.54 Å². The van der Waals surface area contributed by atoms with E-state index in [2.05, 4.69) is 57.2 Å². The highest BCUT2D eigenvalue weighted by Gasteiger charge is 2.21. The molecule has 3 aromatic rings. The van der Waals surface area contributed by atoms with Crippen molar-refractivity contribution in [3.8, 4) is 0 Å². The number of carbonyl (C=O) groups is 1. The third-order valence-corrected chi connectivity index (χ3v) is 6.16. The summed E-state index contributed by atoms with van der Waals surface area (Å²) in [6.45, 7) is 6.42. The maximum atomic E-state index is 12.5. The summed E-state index contributed by atoms with van der Waals surface area (Å²) in [4.78, 5) is 19.6. The number of para-hydroxylation sites is 1. The zero-order chi connectivity index (χ0) is 23.0. The molecule has 2 N–H and O–H groups in total. The molecule has 0 radical (unpaired) electrons. The fourth-order valence-corrected chi connectivity index (χ4v) is 4.31. The van der Waals surface area contributed by atoms with Crippen LogP contribution >= 0.6 is 0 Å². The number of ether oxygens (including phenoxy) is 1. The lowest BCUT2D eigenvalue weighted by Gasteiger charge is -2.37. The van der Waals surface area contributed by atoms with E-state index in [0.717, 1.165) is 45.0 Å². The number of hydrogen-bond donors (Lipinski definition) is 1. The lowest BCUT2D eigenvalue weighted by molar-refractivity contribution is 0.0601. The molecule has 6 heteroatoms. The van der Waals surface area contributed by atoms with Crippen LogP contribution in [-0.4, -0.2) is 57.2 Å². The Morgan fingerprint density at radius 2 is 1.61 bits per heavy atom. The molecule has 33 heavy (non-hydrogen) atoms. The summed E-state index contributed by atoms with van der Waals surface area (Å²) >= 11 is 0. The highest BCUT2D eigenvalue weighted by atomic mass is 16.5. The molecule has 1 fully saturated rings. The van der Waals surface area contributed by atoms with Gasteiger partial charge >= 0.3 is 5.97 Å². The largest absolute Gasteiger partial charge is 0.465 e. The molecule has 6 nitrogen and oxygen atoms in total. The van der Waals surface area contributed by atoms with Crippen molar-refractivity contribution in [2.75, 3.05) is 61.9 Å². The van der Waals surface area contributed by atoms with Crippen LogP contribution in [0.4, 0.5) is 17.1 Å². The van der Waals surface area contributed by atoms with Gasteiger partial charge < -0.3 is 20.3 Å². The van der Waals surface area contributed by atoms with E-state index in [0.29, 0.717) is 17.8 Å². The average molecular weight is 445 g/mol. The second-order valence-electron chi connectivity index (χ2n) is 8.34. The Labute approximate surface area is 196 Å². The molecule has 0 bridgehead atoms. The van der Waals surface area contributed by atoms with Crippen LogP contribution in [0.2, 0.25) is 0 Å². The van der Waals surface area contributed by atoms with Crippen LogP contribution in [0, 0.1) is 0 Å². The molecule has 0 amide bonds. The van der Waals surface area contributed by atoms with Gasteiger partial charge in [-0.2, -0.15) is 0 Å². The maximum Gasteiger partial charge on any atom is 0.339 e. The lowest BCUT2D eigenvalue weighted by atomic mass is 10.1. The minimum Gasteiger partial charge on any atom is -0.465 e. The second-order valence-corrected chi connectivity index (χ2v) is 8.34. The number of esters is 1. The first-order chi connectivity index (χ1) is 16.1. The van der Waals surface area contributed by atoms with Crippen molar-refractivity contribution in [3.05, 3.63) is 90.0 Å². The van der Waals surface area contributed by atoms with Gasteiger partial charge in [-0.1, -0.05) is 48.5 Å². The molecule has 172 valence electrons. The standard InChI is InChI=1S/C27H32N4O2/c1-33-27(32)25-13-12-23(28)20-26(25)31(21-22-8-4-2-5-9-22)19-16-29-14-17-30(18-15-29)24-10-6-3-7-11-24/h2-13,20H,14-19,21,28H2,1H3. The van der Waals surface area contributed by atoms with Crippen molar-refractivity contribution >= 4 is 23.0 Å². The van der Waals surface area contributed by atoms with Crippen molar-refractivity contribution in [2.24, 2.45) is 0 Å². The molecule has 3 aromatic carbocycles. The van der Waals surface area contributed by atoms with Gasteiger partial charge in [0.1, 0.15) is 0 Å². The predicted octanol–water partition coefficient (Wildman–Crippen LogP) is 3.88. The molecule has 1 aliphatic rings. The normalized spacial score (nSPS) is 14.2. The van der Waals surface area contributed by atoms with Crippen LogP contribution < -0.4 is 15.5 Å². The SMILES string of the molecule is COC(=O)c1ccc(N)cc1N(CCN1CCN(c2ccccc2)CC1)Cc1ccccc1. The van der Waals surface area contributed by atoms with E-state index in [-0.39, 0.29) is 5.97 Å². The fourth-order valence-electron chi connectivity index (χ4n) is 4.31. The van der Waals surface area contributed by atoms with Crippen LogP contribution in [0.25, 0.3) is 0 Å². The summed E-state index contributed by atoms with van der Waals surface area (Å²) < 4.78 is 5.04. The van der Waals surface area contributed by atoms with Gasteiger partial charge in [0.25, 0.3) is 0 Å². The molecular formula is C27H32N4O2. The molecule has 4 rings (SSSR count). The summed E-state index contributed by atoms with van der Waals surface area (Å²) in [5, 5.41) is 0. The van der Waals surface area contributed by atoms with Gasteiger partial charge in [0, 0.05) is 57.2 Å². The van der Waals surface area contributed by atoms with Crippen LogP contribution in [-0.2, 0) is 11.3 Å². The number of benzene rings is 3. The molecule has 0 spiro atoms. The van der Waals surface area contributed by atoms with Gasteiger partial charge in [0.15, 0.2) is 0 Å². The Bertz CT molecular complexity index is 1030. The van der Waals surface area contributed by atoms with Crippen molar-refractivity contribution in [3.63, 3.8) is 0 Å². The van der Waals surface area contributed by atoms with Gasteiger partial charge in [-0.05, 0) is 35.9 Å². The second kappa shape index (κ2) is 10.9. The van der Waals surface area contributed by atoms with Gasteiger partial charge in [-0.3, -0.25) is 4.90 Å². The zero-order valence-electron chi connectivity index (χ0n) is 19.2. The molecule has 0 aromatic heterocycles. The van der Waals surface area contributed by atoms with E-state index < -0.39 is 0 Å². The van der Waals surface area contributed by atoms with E-state index in [1.54, 1.807) is 12.1 Å². The van der Waals surface area contributed by atoms with Crippen molar-refractivity contribution in [1.82, 2.24) is 4.90 Å². The Kier molecular flexibility index (Phi) is 7.47. The molecule has 0 unspecified atom stereocenters. The van der Waals surface area contributed by atoms with E-state index in [1.165, 1.54) is 18.4 Å². The maximum absolute atomic E-state index is 12.5. The molecule has 0 aliphatic carbocycles. The number of nitrogen functional groups attached to an aromatic ring is 1. The summed E-state index contributed by atoms with van der Waals surface area (Å²) in [5.41, 5.74) is 10.6. The number of carbonyl (C=O) groups excluding carboxylic acids is 1. The van der Waals surface area contributed by atoms with Crippen LogP contribution in [0.1, 0.15) is 15.9 Å². The van der Waals surface area contributed by atoms with Gasteiger partial charge in [0.2, 0.25) is 0 Å². The number of nitrogens with two attached hydrogens (primary N) is 1. The quantitative estimate of drug-likeness (QED) is 0.420. The minimum absolute atomic E-state index is 0.348. The summed E-state index contributed by atoms with van der Waals surface area (Å²) in [5.74, 6) is -0.348. The Balaban J connectivity index is 1.47. The van der Waals surface area contributed by atoms with Crippen molar-refractivity contribution < 1.29 is 9.53 Å². The first kappa shape index (κ1) is 22.7. The first-order valence-corrected chi connectivity index (χ1v) is 11.4. The van der Waals surface area contributed by atoms with E-state index in [1.807, 2.05) is 24.3 Å². The van der Waals surface area contributed by atoms with Crippen molar-refractivity contribution in [1.29, 1.82) is 0 Å². The smallest absolute Gasteiger partial charge is 0.339 e. The molecule has 1 heterocycles. The number of anilines is 3. The number of rotatable bonds is 8. The highest BCUT2D eigenvalue weighted by Crippen LogP contribution is 2.26. The summed E-state index contributed by atoms with van der Waals surface area (Å²) in [6, 6.07) is 26.3. The van der Waals surface area contributed by atoms with Gasteiger partial charge in [0.05, 0.1) is 18.4 Å². The van der Waals surface area contributed by atoms with E-state index in [4.69, 9.17) is 10.5 Å². The van der Waals surface area contributed by atoms with E-state index >= 15 is 0 Å². The van der Waals surface area contributed by atoms with Crippen LogP contribution in [0.15, 0.2) is 78.9 Å². The Hall–Kier alpha value is -3.51. The van der Waals surface area contributed by atoms with Crippen LogP contribution in [0.5, 0.6) is 0 Å². The Morgan fingerprint density at radius 3 is 2.27 bits per heavy atom. The van der Waals surface area contributed by atoms with Crippen LogP contribution in [0.3, 0.4) is 0 Å². The first-order valence-electron chi connectivity index (χ1n) is 11.4. The Morgan fingerprint density at radius 1 is 0.939 bits per heavy atom. The molecule has 1 saturated heterocycles. The summed E-state index contributed by atoms with van der Waals surface area (Å²) in [7, 11) is 1.41. The third-order valence-electron chi connectivity index (χ3n) is 6.16. The third kappa shape index (κ3) is 5.84. The minimum atomic E-state index is -0.348. The number of piperazine rings is 1. The van der Waals surface area contributed by atoms with E-state index in [9.17, 15) is 4.79 Å².